The van der Waals surface area contributed by atoms with E-state index in [1.165, 1.54) is 43.5 Å². The van der Waals surface area contributed by atoms with Crippen molar-refractivity contribution in [1.82, 2.24) is 0 Å². The van der Waals surface area contributed by atoms with E-state index in [4.69, 9.17) is 27.9 Å². The molecule has 0 aliphatic heterocycles. The lowest BCUT2D eigenvalue weighted by molar-refractivity contribution is 0.414. The highest BCUT2D eigenvalue weighted by Crippen LogP contribution is 2.38. The van der Waals surface area contributed by atoms with E-state index in [9.17, 15) is 12.8 Å². The first kappa shape index (κ1) is 18.6. The number of anilines is 1. The molecule has 0 aliphatic carbocycles. The van der Waals surface area contributed by atoms with Gasteiger partial charge in [0.1, 0.15) is 21.5 Å². The summed E-state index contributed by atoms with van der Waals surface area (Å²) in [5, 5.41) is -0.181. The predicted molar refractivity (Wildman–Crippen MR) is 94.1 cm³/mol. The fourth-order valence-corrected chi connectivity index (χ4v) is 4.33. The molecule has 0 bridgehead atoms. The molecule has 8 heteroatoms. The summed E-state index contributed by atoms with van der Waals surface area (Å²) in [4.78, 5) is -0.207. The molecule has 0 amide bonds. The first-order chi connectivity index (χ1) is 11.3. The molecule has 0 radical (unpaired) electrons. The molecule has 0 N–H and O–H groups in total. The van der Waals surface area contributed by atoms with Gasteiger partial charge in [0, 0.05) is 0 Å². The summed E-state index contributed by atoms with van der Waals surface area (Å²) in [5.74, 6) is -0.308. The van der Waals surface area contributed by atoms with Gasteiger partial charge in [-0.2, -0.15) is 0 Å². The Bertz CT molecular complexity index is 872. The number of halogens is 3. The van der Waals surface area contributed by atoms with Crippen molar-refractivity contribution in [2.75, 3.05) is 18.0 Å². The summed E-state index contributed by atoms with van der Waals surface area (Å²) >= 11 is 12.1. The summed E-state index contributed by atoms with van der Waals surface area (Å²) in [6.45, 7) is 3.48. The van der Waals surface area contributed by atoms with Gasteiger partial charge in [-0.05, 0) is 30.3 Å². The van der Waals surface area contributed by atoms with Crippen LogP contribution in [-0.4, -0.2) is 22.1 Å². The van der Waals surface area contributed by atoms with Crippen LogP contribution in [0.25, 0.3) is 0 Å². The highest BCUT2D eigenvalue weighted by atomic mass is 35.5. The van der Waals surface area contributed by atoms with E-state index in [0.717, 1.165) is 10.4 Å². The van der Waals surface area contributed by atoms with E-state index in [-0.39, 0.29) is 32.9 Å². The molecule has 0 aromatic heterocycles. The van der Waals surface area contributed by atoms with E-state index in [0.29, 0.717) is 0 Å². The van der Waals surface area contributed by atoms with Crippen molar-refractivity contribution >= 4 is 38.9 Å². The van der Waals surface area contributed by atoms with Gasteiger partial charge in [-0.15, -0.1) is 6.58 Å². The number of hydrogen-bond acceptors (Lipinski definition) is 3. The molecule has 4 nitrogen and oxygen atoms in total. The van der Waals surface area contributed by atoms with Crippen LogP contribution in [0.1, 0.15) is 0 Å². The first-order valence-electron chi connectivity index (χ1n) is 6.74. The Morgan fingerprint density at radius 1 is 1.25 bits per heavy atom. The zero-order valence-corrected chi connectivity index (χ0v) is 15.0. The molecule has 0 saturated carbocycles. The van der Waals surface area contributed by atoms with Crippen molar-refractivity contribution in [3.63, 3.8) is 0 Å². The van der Waals surface area contributed by atoms with Crippen molar-refractivity contribution < 1.29 is 17.5 Å². The average molecular weight is 390 g/mol. The number of hydrogen-bond donors (Lipinski definition) is 0. The summed E-state index contributed by atoms with van der Waals surface area (Å²) in [5.41, 5.74) is 0.151. The number of methoxy groups -OCH3 is 1. The molecule has 0 spiro atoms. The Balaban J connectivity index is 2.62. The second-order valence-electron chi connectivity index (χ2n) is 4.70. The molecule has 0 unspecified atom stereocenters. The molecule has 0 saturated heterocycles. The monoisotopic (exact) mass is 389 g/mol. The van der Waals surface area contributed by atoms with Crippen LogP contribution in [0.4, 0.5) is 10.1 Å². The van der Waals surface area contributed by atoms with Gasteiger partial charge in [-0.25, -0.2) is 12.8 Å². The van der Waals surface area contributed by atoms with Crippen molar-refractivity contribution in [2.45, 2.75) is 4.90 Å². The third-order valence-corrected chi connectivity index (χ3v) is 6.00. The Morgan fingerprint density at radius 3 is 2.54 bits per heavy atom. The van der Waals surface area contributed by atoms with Gasteiger partial charge >= 0.3 is 0 Å². The molecule has 2 rings (SSSR count). The Kier molecular flexibility index (Phi) is 5.74. The van der Waals surface area contributed by atoms with Crippen molar-refractivity contribution in [3.8, 4) is 5.75 Å². The van der Waals surface area contributed by atoms with Crippen LogP contribution >= 0.6 is 23.2 Å². The van der Waals surface area contributed by atoms with Gasteiger partial charge < -0.3 is 4.74 Å². The SMILES string of the molecule is C=CCN(c1cccc(F)c1)S(=O)(=O)c1ccc(OC)c(Cl)c1Cl. The number of benzene rings is 2. The molecular weight excluding hydrogens is 376 g/mol. The summed E-state index contributed by atoms with van der Waals surface area (Å²) in [7, 11) is -2.70. The third kappa shape index (κ3) is 3.50. The maximum Gasteiger partial charge on any atom is 0.266 e. The van der Waals surface area contributed by atoms with E-state index in [1.54, 1.807) is 0 Å². The topological polar surface area (TPSA) is 46.6 Å². The Morgan fingerprint density at radius 2 is 1.96 bits per heavy atom. The molecule has 0 atom stereocenters. The van der Waals surface area contributed by atoms with Gasteiger partial charge in [-0.3, -0.25) is 4.31 Å². The maximum atomic E-state index is 13.5. The smallest absolute Gasteiger partial charge is 0.266 e. The molecular formula is C16H14Cl2FNO3S. The second kappa shape index (κ2) is 7.42. The van der Waals surface area contributed by atoms with Crippen LogP contribution in [0.3, 0.4) is 0 Å². The van der Waals surface area contributed by atoms with E-state index in [1.807, 2.05) is 0 Å². The van der Waals surface area contributed by atoms with Gasteiger partial charge in [0.25, 0.3) is 10.0 Å². The van der Waals surface area contributed by atoms with Gasteiger partial charge in [0.05, 0.1) is 24.4 Å². The molecule has 24 heavy (non-hydrogen) atoms. The minimum Gasteiger partial charge on any atom is -0.495 e. The summed E-state index contributed by atoms with van der Waals surface area (Å²) < 4.78 is 45.5. The van der Waals surface area contributed by atoms with Crippen LogP contribution in [0.15, 0.2) is 53.9 Å². The largest absolute Gasteiger partial charge is 0.495 e. The molecule has 0 fully saturated rings. The predicted octanol–water partition coefficient (Wildman–Crippen LogP) is 4.52. The molecule has 0 aliphatic rings. The lowest BCUT2D eigenvalue weighted by Crippen LogP contribution is -2.31. The number of sulfonamides is 1. The second-order valence-corrected chi connectivity index (χ2v) is 7.29. The van der Waals surface area contributed by atoms with Crippen LogP contribution in [0.2, 0.25) is 10.0 Å². The quantitative estimate of drug-likeness (QED) is 0.682. The highest BCUT2D eigenvalue weighted by molar-refractivity contribution is 7.93. The van der Waals surface area contributed by atoms with Crippen LogP contribution in [0, 0.1) is 5.82 Å². The molecule has 2 aromatic carbocycles. The van der Waals surface area contributed by atoms with Crippen molar-refractivity contribution in [1.29, 1.82) is 0 Å². The van der Waals surface area contributed by atoms with E-state index < -0.39 is 15.8 Å². The molecule has 128 valence electrons. The summed E-state index contributed by atoms with van der Waals surface area (Å²) in [6.07, 6.45) is 1.39. The number of rotatable bonds is 6. The Labute approximate surface area is 150 Å². The van der Waals surface area contributed by atoms with E-state index in [2.05, 4.69) is 6.58 Å². The van der Waals surface area contributed by atoms with Crippen LogP contribution < -0.4 is 9.04 Å². The minimum absolute atomic E-state index is 0.0157. The Hall–Kier alpha value is -1.76. The van der Waals surface area contributed by atoms with Crippen molar-refractivity contribution in [3.05, 3.63) is 64.9 Å². The average Bonchev–Trinajstić information content (AvgIpc) is 2.54. The zero-order valence-electron chi connectivity index (χ0n) is 12.7. The minimum atomic E-state index is -4.09. The van der Waals surface area contributed by atoms with Gasteiger partial charge in [0.2, 0.25) is 0 Å². The zero-order chi connectivity index (χ0) is 17.9. The lowest BCUT2D eigenvalue weighted by Gasteiger charge is -2.24. The van der Waals surface area contributed by atoms with Crippen LogP contribution in [0.5, 0.6) is 5.75 Å². The number of ether oxygens (including phenoxy) is 1. The van der Waals surface area contributed by atoms with Crippen molar-refractivity contribution in [2.24, 2.45) is 0 Å². The standard InChI is InChI=1S/C16H14Cl2FNO3S/c1-3-9-20(12-6-4-5-11(19)10-12)24(21,22)14-8-7-13(23-2)15(17)16(14)18/h3-8,10H,1,9H2,2H3. The highest BCUT2D eigenvalue weighted by Gasteiger charge is 2.28. The fraction of sp³-hybridized carbons (Fsp3) is 0.125. The fourth-order valence-electron chi connectivity index (χ4n) is 2.08. The molecule has 0 heterocycles. The summed E-state index contributed by atoms with van der Waals surface area (Å²) in [6, 6.07) is 7.91. The maximum absolute atomic E-state index is 13.5. The van der Waals surface area contributed by atoms with Gasteiger partial charge in [-0.1, -0.05) is 35.3 Å². The van der Waals surface area contributed by atoms with Gasteiger partial charge in [0.15, 0.2) is 0 Å². The van der Waals surface area contributed by atoms with Crippen LogP contribution in [-0.2, 0) is 10.0 Å². The first-order valence-corrected chi connectivity index (χ1v) is 8.93. The molecule has 2 aromatic rings. The normalized spacial score (nSPS) is 11.2. The number of nitrogens with zero attached hydrogens (tertiary/aromatic N) is 1. The van der Waals surface area contributed by atoms with E-state index >= 15 is 0 Å². The lowest BCUT2D eigenvalue weighted by atomic mass is 10.3. The third-order valence-electron chi connectivity index (χ3n) is 3.19.